The van der Waals surface area contributed by atoms with Crippen LogP contribution < -0.4 is 21.2 Å². The second-order valence-corrected chi connectivity index (χ2v) is 6.22. The Kier molecular flexibility index (Phi) is 3.85. The van der Waals surface area contributed by atoms with Gasteiger partial charge in [0.15, 0.2) is 0 Å². The number of hydrogen-bond donors (Lipinski definition) is 0. The van der Waals surface area contributed by atoms with E-state index in [9.17, 15) is 0 Å². The molecule has 0 saturated carbocycles. The summed E-state index contributed by atoms with van der Waals surface area (Å²) in [5.41, 5.74) is 1.48. The molecule has 2 heteroatoms. The SMILES string of the molecule is C=C1C[I-]CCN(C)C(C)C1. The number of hydrogen-bond acceptors (Lipinski definition) is 1. The van der Waals surface area contributed by atoms with Gasteiger partial charge in [-0.2, -0.15) is 0 Å². The van der Waals surface area contributed by atoms with E-state index in [1.54, 1.807) is 0 Å². The fourth-order valence-electron chi connectivity index (χ4n) is 1.24. The Balaban J connectivity index is 2.44. The Bertz CT molecular complexity index is 144. The molecule has 0 aliphatic carbocycles. The minimum absolute atomic E-state index is 0.442. The van der Waals surface area contributed by atoms with Crippen LogP contribution in [-0.4, -0.2) is 33.4 Å². The average Bonchev–Trinajstić information content (AvgIpc) is 1.95. The normalized spacial score (nSPS) is 30.4. The van der Waals surface area contributed by atoms with Gasteiger partial charge >= 0.3 is 80.1 Å². The predicted octanol–water partition coefficient (Wildman–Crippen LogP) is -1.64. The first kappa shape index (κ1) is 9.52. The third-order valence-electron chi connectivity index (χ3n) is 2.19. The van der Waals surface area contributed by atoms with Crippen LogP contribution in [0.1, 0.15) is 13.3 Å². The fraction of sp³-hybridized carbons (Fsp3) is 0.778. The molecule has 1 rings (SSSR count). The molecule has 0 bridgehead atoms. The quantitative estimate of drug-likeness (QED) is 0.289. The molecule has 0 aromatic carbocycles. The molecule has 1 unspecified atom stereocenters. The minimum atomic E-state index is 0.442. The molecule has 66 valence electrons. The van der Waals surface area contributed by atoms with E-state index in [0.717, 1.165) is 0 Å². The van der Waals surface area contributed by atoms with Gasteiger partial charge in [-0.1, -0.05) is 0 Å². The molecule has 11 heavy (non-hydrogen) atoms. The Morgan fingerprint density at radius 3 is 3.09 bits per heavy atom. The molecule has 0 spiro atoms. The topological polar surface area (TPSA) is 3.24 Å². The maximum atomic E-state index is 4.10. The number of alkyl halides is 2. The Morgan fingerprint density at radius 1 is 1.64 bits per heavy atom. The third kappa shape index (κ3) is 3.11. The summed E-state index contributed by atoms with van der Waals surface area (Å²) in [4.78, 5) is 2.46. The predicted molar refractivity (Wildman–Crippen MR) is 45.6 cm³/mol. The summed E-state index contributed by atoms with van der Waals surface area (Å²) >= 11 is 0.442. The summed E-state index contributed by atoms with van der Waals surface area (Å²) in [6.07, 6.45) is 1.22. The number of nitrogens with zero attached hydrogens (tertiary/aromatic N) is 1. The maximum absolute atomic E-state index is 4.10. The summed E-state index contributed by atoms with van der Waals surface area (Å²) in [7, 11) is 2.23. The molecule has 1 atom stereocenters. The van der Waals surface area contributed by atoms with Crippen LogP contribution in [0.3, 0.4) is 0 Å². The first-order chi connectivity index (χ1) is 5.20. The van der Waals surface area contributed by atoms with Crippen molar-refractivity contribution in [3.63, 3.8) is 0 Å². The molecular weight excluding hydrogens is 249 g/mol. The monoisotopic (exact) mass is 266 g/mol. The van der Waals surface area contributed by atoms with Crippen molar-refractivity contribution in [2.75, 3.05) is 22.4 Å². The van der Waals surface area contributed by atoms with E-state index in [2.05, 4.69) is 25.5 Å². The van der Waals surface area contributed by atoms with E-state index in [1.165, 1.54) is 27.4 Å². The van der Waals surface area contributed by atoms with Crippen LogP contribution in [0.4, 0.5) is 0 Å². The summed E-state index contributed by atoms with van der Waals surface area (Å²) in [5.74, 6) is 0. The molecule has 0 aromatic heterocycles. The van der Waals surface area contributed by atoms with Gasteiger partial charge in [-0.25, -0.2) is 0 Å². The van der Waals surface area contributed by atoms with Crippen molar-refractivity contribution in [1.82, 2.24) is 4.90 Å². The summed E-state index contributed by atoms with van der Waals surface area (Å²) < 4.78 is 2.80. The van der Waals surface area contributed by atoms with Gasteiger partial charge in [-0.05, 0) is 0 Å². The summed E-state index contributed by atoms with van der Waals surface area (Å²) in [6.45, 7) is 7.71. The third-order valence-corrected chi connectivity index (χ3v) is 5.05. The summed E-state index contributed by atoms with van der Waals surface area (Å²) in [5, 5.41) is 0. The number of rotatable bonds is 0. The molecule has 1 aliphatic rings. The van der Waals surface area contributed by atoms with Crippen molar-refractivity contribution >= 4 is 0 Å². The van der Waals surface area contributed by atoms with Crippen LogP contribution >= 0.6 is 0 Å². The van der Waals surface area contributed by atoms with Gasteiger partial charge in [0.1, 0.15) is 0 Å². The Hall–Kier alpha value is 0.430. The zero-order valence-electron chi connectivity index (χ0n) is 7.44. The van der Waals surface area contributed by atoms with E-state index in [-0.39, 0.29) is 0 Å². The zero-order chi connectivity index (χ0) is 8.27. The van der Waals surface area contributed by atoms with Crippen LogP contribution in [0.15, 0.2) is 12.2 Å². The van der Waals surface area contributed by atoms with Gasteiger partial charge in [0.25, 0.3) is 0 Å². The van der Waals surface area contributed by atoms with Crippen molar-refractivity contribution in [2.24, 2.45) is 0 Å². The second kappa shape index (κ2) is 4.45. The van der Waals surface area contributed by atoms with Gasteiger partial charge in [-0.3, -0.25) is 0 Å². The molecule has 0 N–H and O–H groups in total. The van der Waals surface area contributed by atoms with E-state index in [1.807, 2.05) is 0 Å². The molecule has 1 heterocycles. The molecule has 0 radical (unpaired) electrons. The van der Waals surface area contributed by atoms with Crippen molar-refractivity contribution < 1.29 is 21.2 Å². The van der Waals surface area contributed by atoms with E-state index in [4.69, 9.17) is 0 Å². The van der Waals surface area contributed by atoms with Crippen LogP contribution in [0, 0.1) is 0 Å². The first-order valence-electron chi connectivity index (χ1n) is 4.10. The van der Waals surface area contributed by atoms with E-state index < -0.39 is 0 Å². The van der Waals surface area contributed by atoms with Crippen LogP contribution in [-0.2, 0) is 0 Å². The number of halogens is 1. The molecule has 0 amide bonds. The Labute approximate surface area is 80.1 Å². The van der Waals surface area contributed by atoms with Gasteiger partial charge in [-0.15, -0.1) is 0 Å². The standard InChI is InChI=1S/C9H17IN/c1-8-6-9(2)11(3)5-4-10-7-8/h9H,1,4-7H2,2-3H3/q-1. The van der Waals surface area contributed by atoms with Crippen LogP contribution in [0.2, 0.25) is 0 Å². The van der Waals surface area contributed by atoms with Crippen molar-refractivity contribution in [3.8, 4) is 0 Å². The van der Waals surface area contributed by atoms with Gasteiger partial charge in [0.05, 0.1) is 0 Å². The zero-order valence-corrected chi connectivity index (χ0v) is 9.60. The van der Waals surface area contributed by atoms with Crippen LogP contribution in [0.5, 0.6) is 0 Å². The molecule has 1 aliphatic heterocycles. The summed E-state index contributed by atoms with van der Waals surface area (Å²) in [6, 6.07) is 0.715. The van der Waals surface area contributed by atoms with Gasteiger partial charge in [0.2, 0.25) is 0 Å². The van der Waals surface area contributed by atoms with Crippen molar-refractivity contribution in [2.45, 2.75) is 19.4 Å². The van der Waals surface area contributed by atoms with Gasteiger partial charge in [0, 0.05) is 0 Å². The van der Waals surface area contributed by atoms with Gasteiger partial charge < -0.3 is 0 Å². The van der Waals surface area contributed by atoms with E-state index in [0.29, 0.717) is 27.2 Å². The molecule has 1 nitrogen and oxygen atoms in total. The van der Waals surface area contributed by atoms with E-state index >= 15 is 0 Å². The molecular formula is C9H17IN-. The molecule has 1 saturated heterocycles. The fourth-order valence-corrected chi connectivity index (χ4v) is 3.80. The Morgan fingerprint density at radius 2 is 2.36 bits per heavy atom. The second-order valence-electron chi connectivity index (χ2n) is 3.30. The average molecular weight is 266 g/mol. The van der Waals surface area contributed by atoms with Crippen LogP contribution in [0.25, 0.3) is 0 Å². The van der Waals surface area contributed by atoms with Crippen molar-refractivity contribution in [3.05, 3.63) is 12.2 Å². The molecule has 1 fully saturated rings. The van der Waals surface area contributed by atoms with Crippen molar-refractivity contribution in [1.29, 1.82) is 0 Å². The molecule has 0 aromatic rings. The first-order valence-corrected chi connectivity index (χ1v) is 7.15.